The van der Waals surface area contributed by atoms with Crippen LogP contribution >= 0.6 is 34.5 Å². The molecular weight excluding hydrogens is 455 g/mol. The first-order valence-electron chi connectivity index (χ1n) is 9.60. The quantitative estimate of drug-likeness (QED) is 0.451. The van der Waals surface area contributed by atoms with Crippen LogP contribution in [-0.2, 0) is 22.4 Å². The minimum Gasteiger partial charge on any atom is -0.351 e. The number of carbonyl (C=O) groups excluding carboxylic acids is 2. The highest BCUT2D eigenvalue weighted by atomic mass is 35.5. The zero-order valence-corrected chi connectivity index (χ0v) is 19.2. The Morgan fingerprint density at radius 3 is 2.68 bits per heavy atom. The summed E-state index contributed by atoms with van der Waals surface area (Å²) in [6, 6.07) is 12.6. The molecule has 9 heteroatoms. The lowest BCUT2D eigenvalue weighted by molar-refractivity contribution is -0.121. The number of nitrogens with zero attached hydrogens (tertiary/aromatic N) is 1. The molecule has 2 aromatic heterocycles. The minimum atomic E-state index is -0.231. The van der Waals surface area contributed by atoms with Crippen LogP contribution in [0.1, 0.15) is 17.4 Å². The summed E-state index contributed by atoms with van der Waals surface area (Å²) in [7, 11) is 0. The Kier molecular flexibility index (Phi) is 8.03. The largest absolute Gasteiger partial charge is 0.351 e. The van der Waals surface area contributed by atoms with Crippen molar-refractivity contribution >= 4 is 52.2 Å². The molecule has 3 aromatic rings. The molecule has 0 fully saturated rings. The first kappa shape index (κ1) is 23.2. The van der Waals surface area contributed by atoms with E-state index in [1.54, 1.807) is 24.4 Å². The van der Waals surface area contributed by atoms with Crippen molar-refractivity contribution in [2.75, 3.05) is 11.9 Å². The summed E-state index contributed by atoms with van der Waals surface area (Å²) in [4.78, 5) is 29.8. The summed E-state index contributed by atoms with van der Waals surface area (Å²) in [5.41, 5.74) is 7.66. The van der Waals surface area contributed by atoms with Crippen LogP contribution < -0.4 is 16.4 Å². The first-order chi connectivity index (χ1) is 14.8. The summed E-state index contributed by atoms with van der Waals surface area (Å²) < 4.78 is 0. The van der Waals surface area contributed by atoms with Gasteiger partial charge in [-0.3, -0.25) is 9.59 Å². The van der Waals surface area contributed by atoms with Crippen molar-refractivity contribution in [3.8, 4) is 10.4 Å². The summed E-state index contributed by atoms with van der Waals surface area (Å²) in [6.45, 7) is 1.73. The summed E-state index contributed by atoms with van der Waals surface area (Å²) in [6.07, 6.45) is 2.41. The summed E-state index contributed by atoms with van der Waals surface area (Å²) >= 11 is 13.7. The predicted octanol–water partition coefficient (Wildman–Crippen LogP) is 4.30. The number of halogens is 2. The van der Waals surface area contributed by atoms with Crippen molar-refractivity contribution in [2.45, 2.75) is 25.8 Å². The fourth-order valence-corrected chi connectivity index (χ4v) is 4.53. The zero-order chi connectivity index (χ0) is 22.4. The number of pyridine rings is 1. The SMILES string of the molecule is CC(=O)Nc1cc(-c2ccc(CC(=O)N[C@H](CN)Cc3ccc(Cl)cc3Cl)s2)ccn1. The number of nitrogens with one attached hydrogen (secondary N) is 2. The van der Waals surface area contributed by atoms with Crippen LogP contribution in [0.25, 0.3) is 10.4 Å². The van der Waals surface area contributed by atoms with Crippen molar-refractivity contribution in [3.63, 3.8) is 0 Å². The molecule has 0 aliphatic heterocycles. The van der Waals surface area contributed by atoms with E-state index >= 15 is 0 Å². The molecule has 0 unspecified atom stereocenters. The summed E-state index contributed by atoms with van der Waals surface area (Å²) in [5.74, 6) is 0.203. The van der Waals surface area contributed by atoms with E-state index in [0.717, 1.165) is 20.9 Å². The van der Waals surface area contributed by atoms with Crippen LogP contribution in [0.5, 0.6) is 0 Å². The monoisotopic (exact) mass is 476 g/mol. The topological polar surface area (TPSA) is 97.1 Å². The Morgan fingerprint density at radius 2 is 1.97 bits per heavy atom. The van der Waals surface area contributed by atoms with Gasteiger partial charge in [-0.15, -0.1) is 11.3 Å². The van der Waals surface area contributed by atoms with Crippen molar-refractivity contribution in [1.29, 1.82) is 0 Å². The third-order valence-corrected chi connectivity index (χ3v) is 6.20. The fourth-order valence-electron chi connectivity index (χ4n) is 3.04. The molecule has 2 heterocycles. The van der Waals surface area contributed by atoms with Crippen molar-refractivity contribution in [1.82, 2.24) is 10.3 Å². The van der Waals surface area contributed by atoms with Gasteiger partial charge in [-0.2, -0.15) is 0 Å². The normalized spacial score (nSPS) is 11.7. The number of amides is 2. The van der Waals surface area contributed by atoms with Crippen LogP contribution in [0.15, 0.2) is 48.7 Å². The lowest BCUT2D eigenvalue weighted by atomic mass is 10.1. The van der Waals surface area contributed by atoms with Crippen LogP contribution in [-0.4, -0.2) is 29.4 Å². The van der Waals surface area contributed by atoms with Gasteiger partial charge in [0.15, 0.2) is 0 Å². The smallest absolute Gasteiger partial charge is 0.225 e. The average Bonchev–Trinajstić information content (AvgIpc) is 3.17. The molecule has 0 aliphatic rings. The van der Waals surface area contributed by atoms with E-state index in [0.29, 0.717) is 28.8 Å². The number of benzene rings is 1. The Labute approximate surface area is 194 Å². The van der Waals surface area contributed by atoms with Crippen molar-refractivity contribution in [3.05, 3.63) is 69.1 Å². The standard InChI is InChI=1S/C22H22Cl2N4O2S/c1-13(29)27-21-9-15(6-7-26-21)20-5-4-18(31-20)11-22(30)28-17(12-25)8-14-2-3-16(23)10-19(14)24/h2-7,9-10,17H,8,11-12,25H2,1H3,(H,28,30)(H,26,27,29)/t17-/m0/s1. The van der Waals surface area contributed by atoms with E-state index in [4.69, 9.17) is 28.9 Å². The van der Waals surface area contributed by atoms with E-state index < -0.39 is 0 Å². The van der Waals surface area contributed by atoms with Gasteiger partial charge in [-0.05, 0) is 53.9 Å². The molecule has 0 spiro atoms. The second-order valence-electron chi connectivity index (χ2n) is 6.99. The maximum atomic E-state index is 12.6. The lowest BCUT2D eigenvalue weighted by Gasteiger charge is -2.17. The molecule has 4 N–H and O–H groups in total. The zero-order valence-electron chi connectivity index (χ0n) is 16.8. The van der Waals surface area contributed by atoms with E-state index in [1.165, 1.54) is 18.3 Å². The van der Waals surface area contributed by atoms with Gasteiger partial charge in [0, 0.05) is 45.5 Å². The molecule has 1 aromatic carbocycles. The highest BCUT2D eigenvalue weighted by molar-refractivity contribution is 7.15. The van der Waals surface area contributed by atoms with Gasteiger partial charge in [-0.1, -0.05) is 29.3 Å². The molecule has 0 radical (unpaired) electrons. The van der Waals surface area contributed by atoms with Gasteiger partial charge in [-0.25, -0.2) is 4.98 Å². The molecule has 0 saturated carbocycles. The molecule has 0 aliphatic carbocycles. The Hall–Kier alpha value is -2.45. The molecule has 2 amide bonds. The highest BCUT2D eigenvalue weighted by Crippen LogP contribution is 2.29. The number of hydrogen-bond acceptors (Lipinski definition) is 5. The second kappa shape index (κ2) is 10.7. The molecular formula is C22H22Cl2N4O2S. The van der Waals surface area contributed by atoms with Crippen LogP contribution in [0.4, 0.5) is 5.82 Å². The summed E-state index contributed by atoms with van der Waals surface area (Å²) in [5, 5.41) is 6.77. The molecule has 6 nitrogen and oxygen atoms in total. The first-order valence-corrected chi connectivity index (χ1v) is 11.2. The number of rotatable bonds is 8. The van der Waals surface area contributed by atoms with Crippen molar-refractivity contribution in [2.24, 2.45) is 5.73 Å². The molecule has 162 valence electrons. The highest BCUT2D eigenvalue weighted by Gasteiger charge is 2.15. The number of anilines is 1. The number of hydrogen-bond donors (Lipinski definition) is 3. The predicted molar refractivity (Wildman–Crippen MR) is 127 cm³/mol. The van der Waals surface area contributed by atoms with Gasteiger partial charge >= 0.3 is 0 Å². The number of thiophene rings is 1. The molecule has 1 atom stereocenters. The fraction of sp³-hybridized carbons (Fsp3) is 0.227. The lowest BCUT2D eigenvalue weighted by Crippen LogP contribution is -2.42. The van der Waals surface area contributed by atoms with Crippen molar-refractivity contribution < 1.29 is 9.59 Å². The third kappa shape index (κ3) is 6.77. The molecule has 0 saturated heterocycles. The van der Waals surface area contributed by atoms with Gasteiger partial charge in [0.2, 0.25) is 11.8 Å². The van der Waals surface area contributed by atoms with Gasteiger partial charge in [0.05, 0.1) is 6.42 Å². The molecule has 3 rings (SSSR count). The Bertz CT molecular complexity index is 1090. The third-order valence-electron chi connectivity index (χ3n) is 4.48. The van der Waals surface area contributed by atoms with Crippen LogP contribution in [0, 0.1) is 0 Å². The second-order valence-corrected chi connectivity index (χ2v) is 9.01. The number of nitrogens with two attached hydrogens (primary N) is 1. The minimum absolute atomic E-state index is 0.109. The van der Waals surface area contributed by atoms with E-state index in [-0.39, 0.29) is 24.3 Å². The van der Waals surface area contributed by atoms with Gasteiger partial charge < -0.3 is 16.4 Å². The maximum Gasteiger partial charge on any atom is 0.225 e. The maximum absolute atomic E-state index is 12.6. The van der Waals surface area contributed by atoms with E-state index in [9.17, 15) is 9.59 Å². The van der Waals surface area contributed by atoms with Gasteiger partial charge in [0.1, 0.15) is 5.82 Å². The Morgan fingerprint density at radius 1 is 1.16 bits per heavy atom. The van der Waals surface area contributed by atoms with E-state index in [2.05, 4.69) is 15.6 Å². The average molecular weight is 477 g/mol. The van der Waals surface area contributed by atoms with Crippen LogP contribution in [0.2, 0.25) is 10.0 Å². The molecule has 0 bridgehead atoms. The number of aromatic nitrogens is 1. The van der Waals surface area contributed by atoms with Crippen LogP contribution in [0.3, 0.4) is 0 Å². The Balaban J connectivity index is 1.62. The molecule has 31 heavy (non-hydrogen) atoms. The number of carbonyl (C=O) groups is 2. The van der Waals surface area contributed by atoms with E-state index in [1.807, 2.05) is 24.3 Å². The van der Waals surface area contributed by atoms with Gasteiger partial charge in [0.25, 0.3) is 0 Å².